The fourth-order valence-electron chi connectivity index (χ4n) is 3.47. The molecule has 0 spiro atoms. The molecule has 1 saturated heterocycles. The zero-order valence-corrected chi connectivity index (χ0v) is 22.4. The van der Waals surface area contributed by atoms with E-state index in [0.717, 1.165) is 18.5 Å². The molecule has 10 heteroatoms. The standard InChI is InChI=1S/C25H31Cl2N3O4S/c1-25(2,3)34-24(32)35-20-11-18(29-14-20)13-28-15-33-19-6-4-5-17(10-19)23(31)30-12-16-7-8-21(26)22(27)9-16/h4-10,18,20,28-29H,11-15H2,1-3H3,(H,30,31)/t18-,20-/m0/s1. The molecule has 0 radical (unpaired) electrons. The van der Waals surface area contributed by atoms with Gasteiger partial charge in [-0.05, 0) is 74.8 Å². The third-order valence-corrected chi connectivity index (χ3v) is 6.81. The van der Waals surface area contributed by atoms with Crippen LogP contribution in [-0.2, 0) is 11.3 Å². The van der Waals surface area contributed by atoms with Gasteiger partial charge in [0.05, 0.1) is 10.0 Å². The van der Waals surface area contributed by atoms with Gasteiger partial charge in [-0.15, -0.1) is 0 Å². The van der Waals surface area contributed by atoms with Gasteiger partial charge < -0.3 is 20.1 Å². The second-order valence-electron chi connectivity index (χ2n) is 9.25. The molecule has 35 heavy (non-hydrogen) atoms. The van der Waals surface area contributed by atoms with E-state index in [0.29, 0.717) is 41.2 Å². The number of carbonyl (C=O) groups is 2. The predicted molar refractivity (Wildman–Crippen MR) is 142 cm³/mol. The molecular formula is C25H31Cl2N3O4S. The Balaban J connectivity index is 1.37. The van der Waals surface area contributed by atoms with Crippen molar-refractivity contribution in [3.63, 3.8) is 0 Å². The van der Waals surface area contributed by atoms with Crippen molar-refractivity contribution >= 4 is 46.2 Å². The van der Waals surface area contributed by atoms with E-state index in [9.17, 15) is 9.59 Å². The van der Waals surface area contributed by atoms with Gasteiger partial charge in [-0.25, -0.2) is 4.79 Å². The smallest absolute Gasteiger partial charge is 0.368 e. The van der Waals surface area contributed by atoms with Crippen LogP contribution in [0.5, 0.6) is 5.75 Å². The minimum Gasteiger partial charge on any atom is -0.478 e. The molecule has 3 rings (SSSR count). The molecule has 0 aromatic heterocycles. The fraction of sp³-hybridized carbons (Fsp3) is 0.440. The molecule has 1 amide bonds. The highest BCUT2D eigenvalue weighted by Gasteiger charge is 2.28. The summed E-state index contributed by atoms with van der Waals surface area (Å²) < 4.78 is 11.1. The van der Waals surface area contributed by atoms with Crippen molar-refractivity contribution in [1.82, 2.24) is 16.0 Å². The maximum atomic E-state index is 12.5. The molecule has 0 aliphatic carbocycles. The van der Waals surface area contributed by atoms with Crippen molar-refractivity contribution in [1.29, 1.82) is 0 Å². The molecule has 3 N–H and O–H groups in total. The van der Waals surface area contributed by atoms with Gasteiger partial charge in [-0.2, -0.15) is 0 Å². The first kappa shape index (κ1) is 27.6. The van der Waals surface area contributed by atoms with Crippen molar-refractivity contribution in [3.05, 3.63) is 63.6 Å². The predicted octanol–water partition coefficient (Wildman–Crippen LogP) is 5.25. The number of hydrogen-bond acceptors (Lipinski definition) is 7. The molecule has 190 valence electrons. The molecule has 1 aliphatic heterocycles. The number of carbonyl (C=O) groups excluding carboxylic acids is 2. The maximum absolute atomic E-state index is 12.5. The van der Waals surface area contributed by atoms with Gasteiger partial charge in [-0.1, -0.05) is 35.3 Å². The maximum Gasteiger partial charge on any atom is 0.368 e. The highest BCUT2D eigenvalue weighted by atomic mass is 35.5. The Morgan fingerprint density at radius 2 is 1.94 bits per heavy atom. The minimum atomic E-state index is -0.475. The molecule has 0 bridgehead atoms. The van der Waals surface area contributed by atoms with Crippen LogP contribution in [0, 0.1) is 0 Å². The van der Waals surface area contributed by atoms with Crippen molar-refractivity contribution in [2.75, 3.05) is 19.8 Å². The number of amides is 1. The molecule has 2 atom stereocenters. The normalized spacial score (nSPS) is 17.7. The van der Waals surface area contributed by atoms with E-state index in [1.807, 2.05) is 26.8 Å². The fourth-order valence-corrected chi connectivity index (χ4v) is 4.87. The summed E-state index contributed by atoms with van der Waals surface area (Å²) in [5, 5.41) is 10.4. The summed E-state index contributed by atoms with van der Waals surface area (Å²) in [5.74, 6) is 0.385. The van der Waals surface area contributed by atoms with Crippen molar-refractivity contribution in [2.24, 2.45) is 0 Å². The van der Waals surface area contributed by atoms with Crippen molar-refractivity contribution in [2.45, 2.75) is 50.6 Å². The number of benzene rings is 2. The van der Waals surface area contributed by atoms with Gasteiger partial charge in [0.1, 0.15) is 18.1 Å². The molecule has 0 saturated carbocycles. The van der Waals surface area contributed by atoms with Crippen LogP contribution < -0.4 is 20.7 Å². The lowest BCUT2D eigenvalue weighted by atomic mass is 10.2. The summed E-state index contributed by atoms with van der Waals surface area (Å²) in [6.07, 6.45) is 0.866. The van der Waals surface area contributed by atoms with E-state index >= 15 is 0 Å². The topological polar surface area (TPSA) is 88.7 Å². The Labute approximate surface area is 220 Å². The lowest BCUT2D eigenvalue weighted by Gasteiger charge is -2.20. The van der Waals surface area contributed by atoms with E-state index < -0.39 is 5.60 Å². The van der Waals surface area contributed by atoms with Crippen LogP contribution in [0.3, 0.4) is 0 Å². The monoisotopic (exact) mass is 539 g/mol. The quantitative estimate of drug-likeness (QED) is 0.228. The van der Waals surface area contributed by atoms with Gasteiger partial charge in [-0.3, -0.25) is 10.1 Å². The Kier molecular flexibility index (Phi) is 10.1. The lowest BCUT2D eigenvalue weighted by Crippen LogP contribution is -2.35. The first-order valence-electron chi connectivity index (χ1n) is 11.4. The van der Waals surface area contributed by atoms with E-state index in [1.165, 1.54) is 11.8 Å². The lowest BCUT2D eigenvalue weighted by molar-refractivity contribution is 0.0737. The number of thioether (sulfide) groups is 1. The van der Waals surface area contributed by atoms with Crippen LogP contribution in [-0.4, -0.2) is 47.9 Å². The summed E-state index contributed by atoms with van der Waals surface area (Å²) in [6, 6.07) is 12.5. The Morgan fingerprint density at radius 1 is 1.14 bits per heavy atom. The second kappa shape index (κ2) is 12.8. The summed E-state index contributed by atoms with van der Waals surface area (Å²) in [6.45, 7) is 7.70. The highest BCUT2D eigenvalue weighted by molar-refractivity contribution is 8.13. The number of hydrogen-bond donors (Lipinski definition) is 3. The largest absolute Gasteiger partial charge is 0.478 e. The van der Waals surface area contributed by atoms with E-state index in [4.69, 9.17) is 32.7 Å². The van der Waals surface area contributed by atoms with Crippen molar-refractivity contribution in [3.8, 4) is 5.75 Å². The number of rotatable bonds is 9. The van der Waals surface area contributed by atoms with E-state index in [-0.39, 0.29) is 22.5 Å². The summed E-state index contributed by atoms with van der Waals surface area (Å²) in [7, 11) is 0. The average molecular weight is 541 g/mol. The molecule has 1 heterocycles. The number of halogens is 2. The first-order chi connectivity index (χ1) is 16.6. The summed E-state index contributed by atoms with van der Waals surface area (Å²) in [4.78, 5) is 24.5. The zero-order valence-electron chi connectivity index (χ0n) is 20.0. The molecular weight excluding hydrogens is 509 g/mol. The number of nitrogens with one attached hydrogen (secondary N) is 3. The Hall–Kier alpha value is -1.97. The van der Waals surface area contributed by atoms with Crippen molar-refractivity contribution < 1.29 is 19.1 Å². The van der Waals surface area contributed by atoms with Gasteiger partial charge in [0.2, 0.25) is 0 Å². The molecule has 2 aromatic rings. The minimum absolute atomic E-state index is 0.191. The Morgan fingerprint density at radius 3 is 2.69 bits per heavy atom. The van der Waals surface area contributed by atoms with Gasteiger partial charge in [0.25, 0.3) is 5.91 Å². The van der Waals surface area contributed by atoms with Crippen LogP contribution in [0.25, 0.3) is 0 Å². The second-order valence-corrected chi connectivity index (χ2v) is 11.3. The third-order valence-electron chi connectivity index (χ3n) is 5.10. The van der Waals surface area contributed by atoms with Crippen LogP contribution in [0.15, 0.2) is 42.5 Å². The molecule has 1 fully saturated rings. The Bertz CT molecular complexity index is 1030. The van der Waals surface area contributed by atoms with Crippen LogP contribution in [0.2, 0.25) is 10.0 Å². The molecule has 2 aromatic carbocycles. The SMILES string of the molecule is CC(C)(C)OC(=O)S[C@@H]1CN[C@H](CNCOc2cccc(C(=O)NCc3ccc(Cl)c(Cl)c3)c2)C1. The third kappa shape index (κ3) is 9.54. The summed E-state index contributed by atoms with van der Waals surface area (Å²) in [5.41, 5.74) is 0.885. The van der Waals surface area contributed by atoms with Gasteiger partial charge >= 0.3 is 5.30 Å². The van der Waals surface area contributed by atoms with E-state index in [1.54, 1.807) is 36.4 Å². The van der Waals surface area contributed by atoms with E-state index in [2.05, 4.69) is 16.0 Å². The summed E-state index contributed by atoms with van der Waals surface area (Å²) >= 11 is 13.2. The number of ether oxygens (including phenoxy) is 2. The molecule has 7 nitrogen and oxygen atoms in total. The molecule has 1 aliphatic rings. The first-order valence-corrected chi connectivity index (χ1v) is 13.0. The van der Waals surface area contributed by atoms with Crippen LogP contribution in [0.4, 0.5) is 4.79 Å². The molecule has 0 unspecified atom stereocenters. The van der Waals surface area contributed by atoms with Gasteiger partial charge in [0.15, 0.2) is 0 Å². The van der Waals surface area contributed by atoms with Crippen LogP contribution >= 0.6 is 35.0 Å². The van der Waals surface area contributed by atoms with Crippen LogP contribution in [0.1, 0.15) is 43.1 Å². The van der Waals surface area contributed by atoms with Gasteiger partial charge in [0, 0.05) is 36.5 Å². The highest BCUT2D eigenvalue weighted by Crippen LogP contribution is 2.25. The zero-order chi connectivity index (χ0) is 25.4. The average Bonchev–Trinajstić information content (AvgIpc) is 3.23.